The summed E-state index contributed by atoms with van der Waals surface area (Å²) in [5, 5.41) is 10.2. The zero-order chi connectivity index (χ0) is 11.7. The minimum atomic E-state index is -0.227. The van der Waals surface area contributed by atoms with Crippen molar-refractivity contribution in [2.75, 3.05) is 0 Å². The van der Waals surface area contributed by atoms with Gasteiger partial charge in [-0.15, -0.1) is 0 Å². The lowest BCUT2D eigenvalue weighted by molar-refractivity contribution is 0.107. The van der Waals surface area contributed by atoms with Gasteiger partial charge in [0.1, 0.15) is 0 Å². The summed E-state index contributed by atoms with van der Waals surface area (Å²) in [6.45, 7) is 0. The van der Waals surface area contributed by atoms with E-state index in [4.69, 9.17) is 0 Å². The van der Waals surface area contributed by atoms with Crippen molar-refractivity contribution in [1.29, 1.82) is 0 Å². The van der Waals surface area contributed by atoms with Crippen LogP contribution in [-0.2, 0) is 0 Å². The highest BCUT2D eigenvalue weighted by Crippen LogP contribution is 2.30. The molecule has 0 radical (unpaired) electrons. The molecular formula is C14H18N2O. The Morgan fingerprint density at radius 2 is 1.94 bits per heavy atom. The largest absolute Gasteiger partial charge is 0.391 e. The molecule has 0 aliphatic heterocycles. The summed E-state index contributed by atoms with van der Waals surface area (Å²) in [5.41, 5.74) is 2.15. The first-order valence-electron chi connectivity index (χ1n) is 6.46. The van der Waals surface area contributed by atoms with Crippen LogP contribution in [0, 0.1) is 0 Å². The van der Waals surface area contributed by atoms with Gasteiger partial charge in [-0.3, -0.25) is 0 Å². The molecule has 0 bridgehead atoms. The standard InChI is InChI=1S/C14H18N2O/c17-14-9-3-1-2-8-13(14)16-10-15-11-6-4-5-7-12(11)16/h4-7,10,13-14,17H,1-3,8-9H2. The van der Waals surface area contributed by atoms with Crippen LogP contribution in [0.3, 0.4) is 0 Å². The Morgan fingerprint density at radius 3 is 2.88 bits per heavy atom. The van der Waals surface area contributed by atoms with Gasteiger partial charge in [0.05, 0.1) is 29.5 Å². The predicted molar refractivity (Wildman–Crippen MR) is 67.9 cm³/mol. The number of nitrogens with zero attached hydrogens (tertiary/aromatic N) is 2. The summed E-state index contributed by atoms with van der Waals surface area (Å²) in [6, 6.07) is 8.34. The number of fused-ring (bicyclic) bond motifs is 1. The molecule has 3 nitrogen and oxygen atoms in total. The third-order valence-electron chi connectivity index (χ3n) is 3.78. The Balaban J connectivity index is 2.01. The number of hydrogen-bond donors (Lipinski definition) is 1. The van der Waals surface area contributed by atoms with E-state index < -0.39 is 0 Å². The smallest absolute Gasteiger partial charge is 0.0961 e. The Labute approximate surface area is 101 Å². The van der Waals surface area contributed by atoms with Crippen LogP contribution in [-0.4, -0.2) is 20.8 Å². The van der Waals surface area contributed by atoms with E-state index in [1.54, 1.807) is 0 Å². The molecule has 0 spiro atoms. The molecule has 1 aliphatic carbocycles. The number of hydrogen-bond acceptors (Lipinski definition) is 2. The number of aromatic nitrogens is 2. The van der Waals surface area contributed by atoms with Crippen LogP contribution < -0.4 is 0 Å². The van der Waals surface area contributed by atoms with Crippen molar-refractivity contribution in [1.82, 2.24) is 9.55 Å². The van der Waals surface area contributed by atoms with Gasteiger partial charge in [0.15, 0.2) is 0 Å². The highest BCUT2D eigenvalue weighted by Gasteiger charge is 2.24. The maximum Gasteiger partial charge on any atom is 0.0961 e. The zero-order valence-corrected chi connectivity index (χ0v) is 9.92. The molecule has 1 saturated carbocycles. The lowest BCUT2D eigenvalue weighted by atomic mass is 10.1. The summed E-state index contributed by atoms with van der Waals surface area (Å²) in [4.78, 5) is 4.41. The summed E-state index contributed by atoms with van der Waals surface area (Å²) >= 11 is 0. The maximum atomic E-state index is 10.2. The van der Waals surface area contributed by atoms with Gasteiger partial charge in [0.2, 0.25) is 0 Å². The molecule has 2 aromatic rings. The third kappa shape index (κ3) is 1.95. The molecule has 1 aromatic carbocycles. The van der Waals surface area contributed by atoms with Crippen molar-refractivity contribution in [3.8, 4) is 0 Å². The first-order valence-corrected chi connectivity index (χ1v) is 6.46. The topological polar surface area (TPSA) is 38.0 Å². The molecule has 1 heterocycles. The van der Waals surface area contributed by atoms with Crippen molar-refractivity contribution in [2.45, 2.75) is 44.2 Å². The van der Waals surface area contributed by atoms with Gasteiger partial charge in [-0.25, -0.2) is 4.98 Å². The minimum Gasteiger partial charge on any atom is -0.391 e. The number of aliphatic hydroxyl groups is 1. The normalized spacial score (nSPS) is 25.9. The van der Waals surface area contributed by atoms with Gasteiger partial charge in [-0.1, -0.05) is 31.4 Å². The Morgan fingerprint density at radius 1 is 1.12 bits per heavy atom. The van der Waals surface area contributed by atoms with E-state index in [-0.39, 0.29) is 12.1 Å². The fourth-order valence-corrected chi connectivity index (χ4v) is 2.84. The van der Waals surface area contributed by atoms with Gasteiger partial charge in [0.25, 0.3) is 0 Å². The number of imidazole rings is 1. The van der Waals surface area contributed by atoms with E-state index in [9.17, 15) is 5.11 Å². The van der Waals surface area contributed by atoms with Crippen LogP contribution in [0.2, 0.25) is 0 Å². The molecule has 3 heteroatoms. The first-order chi connectivity index (χ1) is 8.36. The van der Waals surface area contributed by atoms with E-state index in [1.165, 1.54) is 12.8 Å². The van der Waals surface area contributed by atoms with E-state index in [1.807, 2.05) is 24.5 Å². The van der Waals surface area contributed by atoms with E-state index in [0.717, 1.165) is 30.3 Å². The summed E-state index contributed by atoms with van der Waals surface area (Å²) in [7, 11) is 0. The molecule has 1 aromatic heterocycles. The van der Waals surface area contributed by atoms with Gasteiger partial charge in [0, 0.05) is 0 Å². The minimum absolute atomic E-state index is 0.199. The molecule has 90 valence electrons. The molecule has 1 fully saturated rings. The van der Waals surface area contributed by atoms with Crippen LogP contribution >= 0.6 is 0 Å². The molecule has 1 N–H and O–H groups in total. The van der Waals surface area contributed by atoms with Crippen molar-refractivity contribution < 1.29 is 5.11 Å². The molecule has 2 atom stereocenters. The molecule has 0 saturated heterocycles. The zero-order valence-electron chi connectivity index (χ0n) is 9.92. The maximum absolute atomic E-state index is 10.2. The Hall–Kier alpha value is -1.35. The second kappa shape index (κ2) is 4.49. The summed E-state index contributed by atoms with van der Waals surface area (Å²) in [6.07, 6.45) is 7.21. The summed E-state index contributed by atoms with van der Waals surface area (Å²) in [5.74, 6) is 0. The van der Waals surface area contributed by atoms with Crippen molar-refractivity contribution in [3.05, 3.63) is 30.6 Å². The van der Waals surface area contributed by atoms with Crippen LogP contribution in [0.4, 0.5) is 0 Å². The van der Waals surface area contributed by atoms with Crippen molar-refractivity contribution >= 4 is 11.0 Å². The molecule has 1 aliphatic rings. The summed E-state index contributed by atoms with van der Waals surface area (Å²) < 4.78 is 2.16. The second-order valence-electron chi connectivity index (χ2n) is 4.91. The first kappa shape index (κ1) is 10.8. The average Bonchev–Trinajstić information content (AvgIpc) is 2.66. The molecule has 3 rings (SSSR count). The van der Waals surface area contributed by atoms with E-state index in [2.05, 4.69) is 15.6 Å². The Bertz CT molecular complexity index is 506. The molecule has 2 unspecified atom stereocenters. The number of rotatable bonds is 1. The van der Waals surface area contributed by atoms with Crippen molar-refractivity contribution in [2.24, 2.45) is 0 Å². The fourth-order valence-electron chi connectivity index (χ4n) is 2.84. The van der Waals surface area contributed by atoms with Gasteiger partial charge >= 0.3 is 0 Å². The SMILES string of the molecule is OC1CCCCCC1n1cnc2ccccc21. The molecule has 0 amide bonds. The monoisotopic (exact) mass is 230 g/mol. The van der Waals surface area contributed by atoms with Gasteiger partial charge < -0.3 is 9.67 Å². The lowest BCUT2D eigenvalue weighted by Gasteiger charge is -2.22. The van der Waals surface area contributed by atoms with Crippen LogP contribution in [0.5, 0.6) is 0 Å². The lowest BCUT2D eigenvalue weighted by Crippen LogP contribution is -2.22. The molecule has 17 heavy (non-hydrogen) atoms. The van der Waals surface area contributed by atoms with Crippen LogP contribution in [0.25, 0.3) is 11.0 Å². The quantitative estimate of drug-likeness (QED) is 0.765. The third-order valence-corrected chi connectivity index (χ3v) is 3.78. The van der Waals surface area contributed by atoms with Crippen LogP contribution in [0.15, 0.2) is 30.6 Å². The highest BCUT2D eigenvalue weighted by atomic mass is 16.3. The van der Waals surface area contributed by atoms with E-state index in [0.29, 0.717) is 0 Å². The van der Waals surface area contributed by atoms with Gasteiger partial charge in [-0.05, 0) is 25.0 Å². The van der Waals surface area contributed by atoms with Crippen LogP contribution in [0.1, 0.15) is 38.1 Å². The highest BCUT2D eigenvalue weighted by molar-refractivity contribution is 5.75. The van der Waals surface area contributed by atoms with E-state index >= 15 is 0 Å². The average molecular weight is 230 g/mol. The second-order valence-corrected chi connectivity index (χ2v) is 4.91. The Kier molecular flexibility index (Phi) is 2.85. The number of para-hydroxylation sites is 2. The molecular weight excluding hydrogens is 212 g/mol. The number of benzene rings is 1. The predicted octanol–water partition coefficient (Wildman–Crippen LogP) is 2.90. The van der Waals surface area contributed by atoms with Crippen molar-refractivity contribution in [3.63, 3.8) is 0 Å². The number of aliphatic hydroxyl groups excluding tert-OH is 1. The fraction of sp³-hybridized carbons (Fsp3) is 0.500. The van der Waals surface area contributed by atoms with Gasteiger partial charge in [-0.2, -0.15) is 0 Å².